The van der Waals surface area contributed by atoms with Crippen molar-refractivity contribution < 1.29 is 9.47 Å². The van der Waals surface area contributed by atoms with Gasteiger partial charge in [-0.25, -0.2) is 0 Å². The first-order chi connectivity index (χ1) is 11.8. The molecule has 1 unspecified atom stereocenters. The van der Waals surface area contributed by atoms with E-state index in [0.29, 0.717) is 12.0 Å². The smallest absolute Gasteiger partial charge is 0.122 e. The second-order valence-corrected chi connectivity index (χ2v) is 6.80. The van der Waals surface area contributed by atoms with Crippen LogP contribution < -0.4 is 10.1 Å². The summed E-state index contributed by atoms with van der Waals surface area (Å²) in [4.78, 5) is 0. The lowest BCUT2D eigenvalue weighted by Crippen LogP contribution is -2.43. The van der Waals surface area contributed by atoms with Gasteiger partial charge in [0.15, 0.2) is 0 Å². The van der Waals surface area contributed by atoms with Crippen molar-refractivity contribution in [3.8, 4) is 5.75 Å². The molecule has 0 bridgehead atoms. The molecule has 1 N–H and O–H groups in total. The molecule has 1 aromatic carbocycles. The van der Waals surface area contributed by atoms with Crippen molar-refractivity contribution in [3.63, 3.8) is 0 Å². The highest BCUT2D eigenvalue weighted by atomic mass is 16.5. The Morgan fingerprint density at radius 2 is 2.21 bits per heavy atom. The first-order valence-corrected chi connectivity index (χ1v) is 8.85. The van der Waals surface area contributed by atoms with Crippen molar-refractivity contribution in [1.29, 1.82) is 0 Å². The van der Waals surface area contributed by atoms with Gasteiger partial charge in [0.1, 0.15) is 18.5 Å². The number of para-hydroxylation sites is 1. The van der Waals surface area contributed by atoms with Gasteiger partial charge in [0, 0.05) is 38.4 Å². The zero-order valence-electron chi connectivity index (χ0n) is 14.1. The fraction of sp³-hybridized carbons (Fsp3) is 0.526. The van der Waals surface area contributed by atoms with Gasteiger partial charge in [0.2, 0.25) is 0 Å². The van der Waals surface area contributed by atoms with Crippen LogP contribution in [-0.2, 0) is 18.2 Å². The number of aromatic nitrogens is 2. The van der Waals surface area contributed by atoms with Gasteiger partial charge in [-0.2, -0.15) is 5.10 Å². The molecule has 5 nitrogen and oxygen atoms in total. The van der Waals surface area contributed by atoms with E-state index in [1.54, 1.807) is 0 Å². The Kier molecular flexibility index (Phi) is 4.54. The molecule has 0 saturated carbocycles. The zero-order chi connectivity index (χ0) is 16.4. The number of hydrogen-bond donors (Lipinski definition) is 1. The van der Waals surface area contributed by atoms with Crippen molar-refractivity contribution in [3.05, 3.63) is 47.8 Å². The Morgan fingerprint density at radius 3 is 3.08 bits per heavy atom. The van der Waals surface area contributed by atoms with E-state index in [2.05, 4.69) is 34.7 Å². The van der Waals surface area contributed by atoms with E-state index < -0.39 is 0 Å². The second kappa shape index (κ2) is 6.95. The molecular weight excluding hydrogens is 302 g/mol. The predicted molar refractivity (Wildman–Crippen MR) is 92.1 cm³/mol. The van der Waals surface area contributed by atoms with Gasteiger partial charge in [-0.05, 0) is 37.0 Å². The number of aryl methyl sites for hydroxylation is 1. The summed E-state index contributed by atoms with van der Waals surface area (Å²) in [5.74, 6) is 1.51. The number of nitrogens with zero attached hydrogens (tertiary/aromatic N) is 2. The largest absolute Gasteiger partial charge is 0.492 e. The van der Waals surface area contributed by atoms with Gasteiger partial charge < -0.3 is 14.8 Å². The fourth-order valence-electron chi connectivity index (χ4n) is 3.82. The van der Waals surface area contributed by atoms with Crippen molar-refractivity contribution in [2.75, 3.05) is 19.8 Å². The molecular formula is C19H25N3O2. The third kappa shape index (κ3) is 3.19. The Balaban J connectivity index is 1.39. The van der Waals surface area contributed by atoms with E-state index in [1.165, 1.54) is 17.7 Å². The number of fused-ring (bicyclic) bond motifs is 1. The third-order valence-electron chi connectivity index (χ3n) is 5.14. The molecule has 4 rings (SSSR count). The number of ether oxygens (including phenoxy) is 2. The van der Waals surface area contributed by atoms with Crippen LogP contribution in [0.15, 0.2) is 36.5 Å². The molecule has 3 heterocycles. The van der Waals surface area contributed by atoms with Crippen LogP contribution in [0.25, 0.3) is 0 Å². The van der Waals surface area contributed by atoms with E-state index in [1.807, 2.05) is 24.0 Å². The molecule has 24 heavy (non-hydrogen) atoms. The summed E-state index contributed by atoms with van der Waals surface area (Å²) in [7, 11) is 1.99. The summed E-state index contributed by atoms with van der Waals surface area (Å²) >= 11 is 0. The quantitative estimate of drug-likeness (QED) is 0.937. The SMILES string of the molecule is Cn1nccc1[C@@H]1OCCC[C@H]1CNC1COc2ccccc2C1. The topological polar surface area (TPSA) is 48.3 Å². The maximum absolute atomic E-state index is 6.08. The lowest BCUT2D eigenvalue weighted by Gasteiger charge is -2.34. The molecule has 2 aromatic rings. The molecule has 2 aliphatic heterocycles. The van der Waals surface area contributed by atoms with E-state index in [-0.39, 0.29) is 6.10 Å². The molecule has 0 spiro atoms. The summed E-state index contributed by atoms with van der Waals surface area (Å²) in [5.41, 5.74) is 2.47. The average molecular weight is 327 g/mol. The van der Waals surface area contributed by atoms with Crippen LogP contribution in [0.4, 0.5) is 0 Å². The average Bonchev–Trinajstić information content (AvgIpc) is 3.06. The van der Waals surface area contributed by atoms with Crippen LogP contribution in [0, 0.1) is 5.92 Å². The van der Waals surface area contributed by atoms with Gasteiger partial charge in [-0.1, -0.05) is 18.2 Å². The van der Waals surface area contributed by atoms with E-state index in [4.69, 9.17) is 9.47 Å². The summed E-state index contributed by atoms with van der Waals surface area (Å²) in [5, 5.41) is 8.01. The van der Waals surface area contributed by atoms with Gasteiger partial charge in [-0.3, -0.25) is 4.68 Å². The molecule has 1 fully saturated rings. The normalized spacial score (nSPS) is 26.6. The molecule has 3 atom stereocenters. The molecule has 0 aliphatic carbocycles. The van der Waals surface area contributed by atoms with Crippen molar-refractivity contribution in [1.82, 2.24) is 15.1 Å². The van der Waals surface area contributed by atoms with E-state index >= 15 is 0 Å². The van der Waals surface area contributed by atoms with Gasteiger partial charge in [0.25, 0.3) is 0 Å². The Bertz CT molecular complexity index is 685. The van der Waals surface area contributed by atoms with Crippen LogP contribution in [0.5, 0.6) is 5.75 Å². The first-order valence-electron chi connectivity index (χ1n) is 8.85. The van der Waals surface area contributed by atoms with Crippen molar-refractivity contribution >= 4 is 0 Å². The number of rotatable bonds is 4. The lowest BCUT2D eigenvalue weighted by molar-refractivity contribution is -0.0334. The summed E-state index contributed by atoms with van der Waals surface area (Å²) < 4.78 is 13.9. The molecule has 2 aliphatic rings. The molecule has 1 aromatic heterocycles. The summed E-state index contributed by atoms with van der Waals surface area (Å²) in [6, 6.07) is 10.8. The molecule has 1 saturated heterocycles. The highest BCUT2D eigenvalue weighted by Crippen LogP contribution is 2.33. The number of benzene rings is 1. The summed E-state index contributed by atoms with van der Waals surface area (Å²) in [6.07, 6.45) is 5.33. The minimum absolute atomic E-state index is 0.135. The molecule has 0 amide bonds. The predicted octanol–water partition coefficient (Wildman–Crippen LogP) is 2.48. The maximum Gasteiger partial charge on any atom is 0.122 e. The molecule has 0 radical (unpaired) electrons. The van der Waals surface area contributed by atoms with E-state index in [9.17, 15) is 0 Å². The van der Waals surface area contributed by atoms with Crippen LogP contribution >= 0.6 is 0 Å². The van der Waals surface area contributed by atoms with Gasteiger partial charge in [0.05, 0.1) is 5.69 Å². The van der Waals surface area contributed by atoms with Gasteiger partial charge in [-0.15, -0.1) is 0 Å². The fourth-order valence-corrected chi connectivity index (χ4v) is 3.82. The summed E-state index contributed by atoms with van der Waals surface area (Å²) in [6.45, 7) is 2.53. The van der Waals surface area contributed by atoms with Crippen LogP contribution in [0.3, 0.4) is 0 Å². The highest BCUT2D eigenvalue weighted by Gasteiger charge is 2.30. The monoisotopic (exact) mass is 327 g/mol. The Morgan fingerprint density at radius 1 is 1.29 bits per heavy atom. The van der Waals surface area contributed by atoms with Crippen molar-refractivity contribution in [2.45, 2.75) is 31.4 Å². The van der Waals surface area contributed by atoms with E-state index in [0.717, 1.165) is 38.3 Å². The van der Waals surface area contributed by atoms with Crippen LogP contribution in [0.2, 0.25) is 0 Å². The highest BCUT2D eigenvalue weighted by molar-refractivity contribution is 5.35. The zero-order valence-corrected chi connectivity index (χ0v) is 14.1. The molecule has 128 valence electrons. The molecule has 5 heteroatoms. The minimum atomic E-state index is 0.135. The second-order valence-electron chi connectivity index (χ2n) is 6.80. The van der Waals surface area contributed by atoms with Crippen LogP contribution in [-0.4, -0.2) is 35.6 Å². The Hall–Kier alpha value is -1.85. The lowest BCUT2D eigenvalue weighted by atomic mass is 9.91. The number of hydrogen-bond acceptors (Lipinski definition) is 4. The van der Waals surface area contributed by atoms with Crippen LogP contribution in [0.1, 0.15) is 30.2 Å². The Labute approximate surface area is 143 Å². The third-order valence-corrected chi connectivity index (χ3v) is 5.14. The van der Waals surface area contributed by atoms with Gasteiger partial charge >= 0.3 is 0 Å². The standard InChI is InChI=1S/C19H25N3O2/c1-22-17(8-9-21-22)19-15(6-4-10-23-19)12-20-16-11-14-5-2-3-7-18(14)24-13-16/h2-3,5,7-9,15-16,19-20H,4,6,10-13H2,1H3/t15-,16?,19+/m0/s1. The van der Waals surface area contributed by atoms with Crippen molar-refractivity contribution in [2.24, 2.45) is 13.0 Å². The maximum atomic E-state index is 6.08. The minimum Gasteiger partial charge on any atom is -0.492 e. The first kappa shape index (κ1) is 15.7. The number of nitrogens with one attached hydrogen (secondary N) is 1.